The van der Waals surface area contributed by atoms with Crippen LogP contribution in [0, 0.1) is 0 Å². The maximum absolute atomic E-state index is 12.7. The number of carbonyl (C=O) groups excluding carboxylic acids is 5. The molecular formula is C21H32N4O7. The molecule has 0 aromatic carbocycles. The third kappa shape index (κ3) is 5.68. The van der Waals surface area contributed by atoms with Crippen LogP contribution in [-0.2, 0) is 23.9 Å². The van der Waals surface area contributed by atoms with Crippen molar-refractivity contribution in [2.24, 2.45) is 0 Å². The minimum atomic E-state index is -0.817. The van der Waals surface area contributed by atoms with Crippen LogP contribution in [0.1, 0.15) is 58.3 Å². The Morgan fingerprint density at radius 2 is 1.78 bits per heavy atom. The Hall–Kier alpha value is -2.85. The Bertz CT molecular complexity index is 742. The Morgan fingerprint density at radius 1 is 1.09 bits per heavy atom. The van der Waals surface area contributed by atoms with Gasteiger partial charge < -0.3 is 25.0 Å². The molecule has 1 aliphatic carbocycles. The number of piperidine rings is 1. The number of carbonyl (C=O) groups is 5. The second-order valence-corrected chi connectivity index (χ2v) is 8.47. The van der Waals surface area contributed by atoms with Crippen LogP contribution in [0.3, 0.4) is 0 Å². The Labute approximate surface area is 187 Å². The molecule has 178 valence electrons. The van der Waals surface area contributed by atoms with E-state index in [2.05, 4.69) is 10.6 Å². The van der Waals surface area contributed by atoms with Gasteiger partial charge in [0.1, 0.15) is 5.54 Å². The van der Waals surface area contributed by atoms with Gasteiger partial charge in [0.2, 0.25) is 0 Å². The first-order chi connectivity index (χ1) is 15.3. The van der Waals surface area contributed by atoms with E-state index in [4.69, 9.17) is 9.47 Å². The predicted octanol–water partition coefficient (Wildman–Crippen LogP) is 0.912. The predicted molar refractivity (Wildman–Crippen MR) is 111 cm³/mol. The molecule has 0 bridgehead atoms. The minimum Gasteiger partial charge on any atom is -0.456 e. The van der Waals surface area contributed by atoms with Crippen LogP contribution in [0.4, 0.5) is 9.59 Å². The SMILES string of the molecule is CCOC(=O)N1CCC(NC(=O)COC(=O)CCN2C(=O)NC3(CCCCC3)C2=O)CC1. The number of hydrogen-bond acceptors (Lipinski definition) is 7. The fourth-order valence-electron chi connectivity index (χ4n) is 4.49. The summed E-state index contributed by atoms with van der Waals surface area (Å²) >= 11 is 0. The van der Waals surface area contributed by atoms with Gasteiger partial charge in [0.05, 0.1) is 13.0 Å². The average molecular weight is 453 g/mol. The van der Waals surface area contributed by atoms with E-state index >= 15 is 0 Å². The van der Waals surface area contributed by atoms with E-state index in [9.17, 15) is 24.0 Å². The van der Waals surface area contributed by atoms with E-state index in [1.165, 1.54) is 0 Å². The van der Waals surface area contributed by atoms with Gasteiger partial charge in [-0.2, -0.15) is 0 Å². The van der Waals surface area contributed by atoms with E-state index in [1.54, 1.807) is 11.8 Å². The van der Waals surface area contributed by atoms with Crippen LogP contribution in [0.2, 0.25) is 0 Å². The maximum atomic E-state index is 12.7. The zero-order valence-corrected chi connectivity index (χ0v) is 18.5. The molecule has 5 amide bonds. The van der Waals surface area contributed by atoms with Crippen molar-refractivity contribution in [3.05, 3.63) is 0 Å². The van der Waals surface area contributed by atoms with Crippen molar-refractivity contribution in [1.82, 2.24) is 20.4 Å². The second kappa shape index (κ2) is 10.6. The molecule has 1 saturated carbocycles. The first-order valence-corrected chi connectivity index (χ1v) is 11.4. The highest BCUT2D eigenvalue weighted by molar-refractivity contribution is 6.07. The van der Waals surface area contributed by atoms with Gasteiger partial charge in [-0.3, -0.25) is 19.3 Å². The molecule has 0 radical (unpaired) electrons. The fraction of sp³-hybridized carbons (Fsp3) is 0.762. The van der Waals surface area contributed by atoms with Gasteiger partial charge in [-0.15, -0.1) is 0 Å². The lowest BCUT2D eigenvalue weighted by molar-refractivity contribution is -0.149. The van der Waals surface area contributed by atoms with Gasteiger partial charge >= 0.3 is 18.1 Å². The number of ether oxygens (including phenoxy) is 2. The average Bonchev–Trinajstić information content (AvgIpc) is 3.00. The number of esters is 1. The summed E-state index contributed by atoms with van der Waals surface area (Å²) in [5.74, 6) is -1.35. The number of nitrogens with zero attached hydrogens (tertiary/aromatic N) is 2. The molecule has 1 spiro atoms. The van der Waals surface area contributed by atoms with E-state index < -0.39 is 30.1 Å². The smallest absolute Gasteiger partial charge is 0.409 e. The van der Waals surface area contributed by atoms with Gasteiger partial charge in [-0.1, -0.05) is 19.3 Å². The molecule has 3 fully saturated rings. The highest BCUT2D eigenvalue weighted by atomic mass is 16.6. The highest BCUT2D eigenvalue weighted by Gasteiger charge is 2.51. The summed E-state index contributed by atoms with van der Waals surface area (Å²) in [6.45, 7) is 2.53. The molecule has 2 N–H and O–H groups in total. The summed E-state index contributed by atoms with van der Waals surface area (Å²) in [6, 6.07) is -0.582. The number of amides is 5. The summed E-state index contributed by atoms with van der Waals surface area (Å²) in [4.78, 5) is 63.4. The molecule has 0 aromatic heterocycles. The van der Waals surface area contributed by atoms with Gasteiger partial charge in [0, 0.05) is 25.7 Å². The van der Waals surface area contributed by atoms with Crippen molar-refractivity contribution in [1.29, 1.82) is 0 Å². The maximum Gasteiger partial charge on any atom is 0.409 e. The Balaban J connectivity index is 1.34. The van der Waals surface area contributed by atoms with Gasteiger partial charge in [-0.25, -0.2) is 9.59 Å². The van der Waals surface area contributed by atoms with E-state index in [0.717, 1.165) is 24.2 Å². The molecule has 11 nitrogen and oxygen atoms in total. The standard InChI is InChI=1S/C21H32N4O7/c1-2-31-20(30)24-11-6-15(7-12-24)22-16(26)14-32-17(27)8-13-25-18(28)21(23-19(25)29)9-4-3-5-10-21/h15H,2-14H2,1H3,(H,22,26)(H,23,29). The summed E-state index contributed by atoms with van der Waals surface area (Å²) in [6.07, 6.45) is 4.72. The second-order valence-electron chi connectivity index (χ2n) is 8.47. The van der Waals surface area contributed by atoms with E-state index in [-0.39, 0.29) is 31.0 Å². The fourth-order valence-corrected chi connectivity index (χ4v) is 4.49. The normalized spacial score (nSPS) is 20.8. The van der Waals surface area contributed by atoms with Crippen molar-refractivity contribution >= 4 is 29.9 Å². The molecule has 3 rings (SSSR count). The van der Waals surface area contributed by atoms with Gasteiger partial charge in [0.25, 0.3) is 11.8 Å². The van der Waals surface area contributed by atoms with Crippen LogP contribution in [0.15, 0.2) is 0 Å². The van der Waals surface area contributed by atoms with Crippen LogP contribution >= 0.6 is 0 Å². The monoisotopic (exact) mass is 452 g/mol. The van der Waals surface area contributed by atoms with Crippen molar-refractivity contribution < 1.29 is 33.4 Å². The number of imide groups is 1. The van der Waals surface area contributed by atoms with Crippen LogP contribution in [0.5, 0.6) is 0 Å². The first-order valence-electron chi connectivity index (χ1n) is 11.4. The van der Waals surface area contributed by atoms with Crippen molar-refractivity contribution in [3.8, 4) is 0 Å². The van der Waals surface area contributed by atoms with E-state index in [0.29, 0.717) is 45.4 Å². The third-order valence-electron chi connectivity index (χ3n) is 6.24. The molecule has 2 heterocycles. The lowest BCUT2D eigenvalue weighted by atomic mass is 9.82. The molecule has 32 heavy (non-hydrogen) atoms. The zero-order chi connectivity index (χ0) is 23.1. The van der Waals surface area contributed by atoms with Crippen molar-refractivity contribution in [3.63, 3.8) is 0 Å². The number of rotatable bonds is 7. The minimum absolute atomic E-state index is 0.0702. The third-order valence-corrected chi connectivity index (χ3v) is 6.24. The van der Waals surface area contributed by atoms with Gasteiger partial charge in [0.15, 0.2) is 6.61 Å². The first kappa shape index (κ1) is 23.8. The summed E-state index contributed by atoms with van der Waals surface area (Å²) in [7, 11) is 0. The van der Waals surface area contributed by atoms with Crippen molar-refractivity contribution in [2.75, 3.05) is 32.8 Å². The number of likely N-dealkylation sites (tertiary alicyclic amines) is 1. The molecule has 0 atom stereocenters. The zero-order valence-electron chi connectivity index (χ0n) is 18.5. The molecule has 0 unspecified atom stereocenters. The van der Waals surface area contributed by atoms with Crippen LogP contribution in [-0.4, -0.2) is 84.1 Å². The Kier molecular flexibility index (Phi) is 7.92. The lowest BCUT2D eigenvalue weighted by Gasteiger charge is -2.31. The molecular weight excluding hydrogens is 420 g/mol. The molecule has 11 heteroatoms. The summed E-state index contributed by atoms with van der Waals surface area (Å²) in [5.41, 5.74) is -0.817. The molecule has 3 aliphatic rings. The van der Waals surface area contributed by atoms with Gasteiger partial charge in [-0.05, 0) is 32.6 Å². The number of nitrogens with one attached hydrogen (secondary N) is 2. The highest BCUT2D eigenvalue weighted by Crippen LogP contribution is 2.33. The Morgan fingerprint density at radius 3 is 2.44 bits per heavy atom. The number of hydrogen-bond donors (Lipinski definition) is 2. The van der Waals surface area contributed by atoms with Crippen molar-refractivity contribution in [2.45, 2.75) is 69.9 Å². The molecule has 0 aromatic rings. The van der Waals surface area contributed by atoms with Crippen LogP contribution < -0.4 is 10.6 Å². The van der Waals surface area contributed by atoms with E-state index in [1.807, 2.05) is 0 Å². The largest absolute Gasteiger partial charge is 0.456 e. The van der Waals surface area contributed by atoms with Crippen LogP contribution in [0.25, 0.3) is 0 Å². The summed E-state index contributed by atoms with van der Waals surface area (Å²) < 4.78 is 9.96. The number of urea groups is 1. The molecule has 2 saturated heterocycles. The lowest BCUT2D eigenvalue weighted by Crippen LogP contribution is -2.48. The quantitative estimate of drug-likeness (QED) is 0.433. The topological polar surface area (TPSA) is 134 Å². The summed E-state index contributed by atoms with van der Waals surface area (Å²) in [5, 5.41) is 5.59. The molecule has 2 aliphatic heterocycles.